The Hall–Kier alpha value is -1.35. The zero-order valence-corrected chi connectivity index (χ0v) is 8.45. The van der Waals surface area contributed by atoms with Gasteiger partial charge in [0.2, 0.25) is 0 Å². The molecule has 0 bridgehead atoms. The standard InChI is InChI=1S/C11H15NO2/c1-3-10(12)9-6-7(2)4-5-8(9)11(13)14/h4-6,10H,3,12H2,1-2H3,(H,13,14). The van der Waals surface area contributed by atoms with Gasteiger partial charge >= 0.3 is 5.97 Å². The minimum atomic E-state index is -0.913. The van der Waals surface area contributed by atoms with Crippen molar-refractivity contribution in [1.82, 2.24) is 0 Å². The number of aromatic carboxylic acids is 1. The Morgan fingerprint density at radius 3 is 2.71 bits per heavy atom. The summed E-state index contributed by atoms with van der Waals surface area (Å²) in [4.78, 5) is 10.9. The maximum atomic E-state index is 10.9. The van der Waals surface area contributed by atoms with Crippen molar-refractivity contribution in [3.63, 3.8) is 0 Å². The Labute approximate surface area is 83.6 Å². The Morgan fingerprint density at radius 1 is 1.57 bits per heavy atom. The first-order valence-electron chi connectivity index (χ1n) is 4.65. The molecule has 0 spiro atoms. The van der Waals surface area contributed by atoms with E-state index in [-0.39, 0.29) is 6.04 Å². The molecule has 76 valence electrons. The molecule has 3 nitrogen and oxygen atoms in total. The van der Waals surface area contributed by atoms with Gasteiger partial charge in [-0.2, -0.15) is 0 Å². The fourth-order valence-corrected chi connectivity index (χ4v) is 1.40. The number of nitrogens with two attached hydrogens (primary N) is 1. The number of carboxylic acids is 1. The molecule has 0 aliphatic heterocycles. The molecule has 1 aromatic carbocycles. The summed E-state index contributed by atoms with van der Waals surface area (Å²) in [5.41, 5.74) is 7.91. The average molecular weight is 193 g/mol. The van der Waals surface area contributed by atoms with E-state index < -0.39 is 5.97 Å². The van der Waals surface area contributed by atoms with Crippen LogP contribution >= 0.6 is 0 Å². The van der Waals surface area contributed by atoms with E-state index in [0.29, 0.717) is 5.56 Å². The van der Waals surface area contributed by atoms with Crippen LogP contribution in [0.2, 0.25) is 0 Å². The van der Waals surface area contributed by atoms with Gasteiger partial charge < -0.3 is 10.8 Å². The van der Waals surface area contributed by atoms with Crippen LogP contribution in [-0.2, 0) is 0 Å². The molecule has 0 heterocycles. The van der Waals surface area contributed by atoms with Crippen LogP contribution in [0.3, 0.4) is 0 Å². The highest BCUT2D eigenvalue weighted by Gasteiger charge is 2.14. The van der Waals surface area contributed by atoms with Crippen molar-refractivity contribution in [1.29, 1.82) is 0 Å². The number of rotatable bonds is 3. The summed E-state index contributed by atoms with van der Waals surface area (Å²) in [5, 5.41) is 8.95. The van der Waals surface area contributed by atoms with Crippen molar-refractivity contribution < 1.29 is 9.90 Å². The molecule has 0 aliphatic rings. The van der Waals surface area contributed by atoms with Gasteiger partial charge in [0.1, 0.15) is 0 Å². The van der Waals surface area contributed by atoms with Crippen LogP contribution in [0.1, 0.15) is 40.9 Å². The van der Waals surface area contributed by atoms with E-state index in [1.54, 1.807) is 12.1 Å². The first kappa shape index (κ1) is 10.7. The van der Waals surface area contributed by atoms with Crippen molar-refractivity contribution >= 4 is 5.97 Å². The molecule has 0 aromatic heterocycles. The zero-order chi connectivity index (χ0) is 10.7. The second-order valence-electron chi connectivity index (χ2n) is 3.41. The first-order chi connectivity index (χ1) is 6.56. The topological polar surface area (TPSA) is 63.3 Å². The minimum absolute atomic E-state index is 0.194. The van der Waals surface area contributed by atoms with Crippen molar-refractivity contribution in [2.45, 2.75) is 26.3 Å². The van der Waals surface area contributed by atoms with E-state index in [4.69, 9.17) is 10.8 Å². The molecule has 1 atom stereocenters. The quantitative estimate of drug-likeness (QED) is 0.772. The molecule has 0 aliphatic carbocycles. The number of carboxylic acid groups (broad SMARTS) is 1. The Morgan fingerprint density at radius 2 is 2.21 bits per heavy atom. The molecule has 3 N–H and O–H groups in total. The molecular weight excluding hydrogens is 178 g/mol. The van der Waals surface area contributed by atoms with E-state index in [1.807, 2.05) is 19.9 Å². The summed E-state index contributed by atoms with van der Waals surface area (Å²) in [5.74, 6) is -0.913. The van der Waals surface area contributed by atoms with Gasteiger partial charge in [0.15, 0.2) is 0 Å². The number of hydrogen-bond donors (Lipinski definition) is 2. The van der Waals surface area contributed by atoms with E-state index >= 15 is 0 Å². The van der Waals surface area contributed by atoms with Gasteiger partial charge in [0, 0.05) is 6.04 Å². The van der Waals surface area contributed by atoms with Crippen molar-refractivity contribution in [3.8, 4) is 0 Å². The molecule has 0 radical (unpaired) electrons. The summed E-state index contributed by atoms with van der Waals surface area (Å²) in [6.45, 7) is 3.87. The van der Waals surface area contributed by atoms with E-state index in [1.165, 1.54) is 0 Å². The Balaban J connectivity index is 3.22. The molecule has 3 heteroatoms. The van der Waals surface area contributed by atoms with Gasteiger partial charge in [-0.3, -0.25) is 0 Å². The zero-order valence-electron chi connectivity index (χ0n) is 8.45. The van der Waals surface area contributed by atoms with Gasteiger partial charge in [-0.25, -0.2) is 4.79 Å². The van der Waals surface area contributed by atoms with E-state index in [9.17, 15) is 4.79 Å². The third-order valence-corrected chi connectivity index (χ3v) is 2.28. The van der Waals surface area contributed by atoms with Gasteiger partial charge in [0.25, 0.3) is 0 Å². The molecule has 0 amide bonds. The monoisotopic (exact) mass is 193 g/mol. The summed E-state index contributed by atoms with van der Waals surface area (Å²) in [6, 6.07) is 5.05. The second-order valence-corrected chi connectivity index (χ2v) is 3.41. The molecule has 1 unspecified atom stereocenters. The van der Waals surface area contributed by atoms with Crippen LogP contribution in [0.4, 0.5) is 0 Å². The average Bonchev–Trinajstić information content (AvgIpc) is 2.16. The number of aryl methyl sites for hydroxylation is 1. The van der Waals surface area contributed by atoms with Crippen LogP contribution < -0.4 is 5.73 Å². The predicted molar refractivity (Wildman–Crippen MR) is 55.4 cm³/mol. The highest BCUT2D eigenvalue weighted by molar-refractivity contribution is 5.89. The maximum absolute atomic E-state index is 10.9. The second kappa shape index (κ2) is 4.24. The molecule has 14 heavy (non-hydrogen) atoms. The fourth-order valence-electron chi connectivity index (χ4n) is 1.40. The van der Waals surface area contributed by atoms with Crippen LogP contribution in [-0.4, -0.2) is 11.1 Å². The SMILES string of the molecule is CCC(N)c1cc(C)ccc1C(=O)O. The van der Waals surface area contributed by atoms with Crippen LogP contribution in [0.5, 0.6) is 0 Å². The fraction of sp³-hybridized carbons (Fsp3) is 0.364. The Kier molecular flexibility index (Phi) is 3.25. The van der Waals surface area contributed by atoms with Gasteiger partial charge in [-0.05, 0) is 25.0 Å². The highest BCUT2D eigenvalue weighted by Crippen LogP contribution is 2.20. The lowest BCUT2D eigenvalue weighted by atomic mass is 9.97. The summed E-state index contributed by atoms with van der Waals surface area (Å²) < 4.78 is 0. The first-order valence-corrected chi connectivity index (χ1v) is 4.65. The smallest absolute Gasteiger partial charge is 0.336 e. The lowest BCUT2D eigenvalue weighted by Crippen LogP contribution is -2.14. The van der Waals surface area contributed by atoms with Crippen molar-refractivity contribution in [2.24, 2.45) is 5.73 Å². The van der Waals surface area contributed by atoms with Crippen LogP contribution in [0, 0.1) is 6.92 Å². The summed E-state index contributed by atoms with van der Waals surface area (Å²) in [7, 11) is 0. The summed E-state index contributed by atoms with van der Waals surface area (Å²) >= 11 is 0. The third-order valence-electron chi connectivity index (χ3n) is 2.28. The molecular formula is C11H15NO2. The van der Waals surface area contributed by atoms with Gasteiger partial charge in [0.05, 0.1) is 5.56 Å². The molecule has 1 aromatic rings. The van der Waals surface area contributed by atoms with Crippen LogP contribution in [0.15, 0.2) is 18.2 Å². The lowest BCUT2D eigenvalue weighted by Gasteiger charge is -2.13. The van der Waals surface area contributed by atoms with Crippen molar-refractivity contribution in [2.75, 3.05) is 0 Å². The van der Waals surface area contributed by atoms with E-state index in [0.717, 1.165) is 17.5 Å². The van der Waals surface area contributed by atoms with E-state index in [2.05, 4.69) is 0 Å². The Bertz CT molecular complexity index is 347. The maximum Gasteiger partial charge on any atom is 0.336 e. The molecule has 0 saturated carbocycles. The lowest BCUT2D eigenvalue weighted by molar-refractivity contribution is 0.0695. The normalized spacial score (nSPS) is 12.5. The minimum Gasteiger partial charge on any atom is -0.478 e. The van der Waals surface area contributed by atoms with Crippen LogP contribution in [0.25, 0.3) is 0 Å². The summed E-state index contributed by atoms with van der Waals surface area (Å²) in [6.07, 6.45) is 0.740. The highest BCUT2D eigenvalue weighted by atomic mass is 16.4. The van der Waals surface area contributed by atoms with Gasteiger partial charge in [-0.15, -0.1) is 0 Å². The number of carbonyl (C=O) groups is 1. The molecule has 0 saturated heterocycles. The number of hydrogen-bond acceptors (Lipinski definition) is 2. The number of benzene rings is 1. The molecule has 1 rings (SSSR count). The van der Waals surface area contributed by atoms with Crippen molar-refractivity contribution in [3.05, 3.63) is 34.9 Å². The molecule has 0 fully saturated rings. The van der Waals surface area contributed by atoms with Gasteiger partial charge in [-0.1, -0.05) is 24.6 Å². The largest absolute Gasteiger partial charge is 0.478 e. The third kappa shape index (κ3) is 2.12. The predicted octanol–water partition coefficient (Wildman–Crippen LogP) is 2.10.